The van der Waals surface area contributed by atoms with Crippen LogP contribution < -0.4 is 5.43 Å². The lowest BCUT2D eigenvalue weighted by molar-refractivity contribution is -0.122. The number of hydrogen-bond donors (Lipinski definition) is 1. The molecule has 1 aliphatic carbocycles. The minimum atomic E-state index is 0.00242. The van der Waals surface area contributed by atoms with Crippen LogP contribution in [0.2, 0.25) is 0 Å². The number of benzene rings is 2. The second kappa shape index (κ2) is 7.05. The van der Waals surface area contributed by atoms with Crippen molar-refractivity contribution in [1.29, 1.82) is 0 Å². The molecule has 0 bridgehead atoms. The van der Waals surface area contributed by atoms with Gasteiger partial charge in [0.25, 0.3) is 0 Å². The number of hydrogen-bond acceptors (Lipinski definition) is 2. The first kappa shape index (κ1) is 15.2. The Kier molecular flexibility index (Phi) is 4.67. The minimum absolute atomic E-state index is 0.00242. The number of carbonyl (C=O) groups excluding carboxylic acids is 1. The number of hydrazone groups is 1. The molecule has 116 valence electrons. The van der Waals surface area contributed by atoms with Crippen LogP contribution in [0.25, 0.3) is 6.08 Å². The summed E-state index contributed by atoms with van der Waals surface area (Å²) in [5, 5.41) is 4.06. The van der Waals surface area contributed by atoms with Gasteiger partial charge in [0.1, 0.15) is 0 Å². The Morgan fingerprint density at radius 3 is 2.43 bits per heavy atom. The number of amides is 1. The Morgan fingerprint density at radius 1 is 1.09 bits per heavy atom. The van der Waals surface area contributed by atoms with Crippen LogP contribution in [-0.2, 0) is 4.79 Å². The van der Waals surface area contributed by atoms with Gasteiger partial charge < -0.3 is 0 Å². The smallest absolute Gasteiger partial charge is 0.243 e. The molecule has 0 aromatic heterocycles. The maximum absolute atomic E-state index is 12.1. The highest BCUT2D eigenvalue weighted by atomic mass is 16.2. The van der Waals surface area contributed by atoms with Gasteiger partial charge in [-0.3, -0.25) is 4.79 Å². The van der Waals surface area contributed by atoms with Gasteiger partial charge in [-0.1, -0.05) is 66.7 Å². The van der Waals surface area contributed by atoms with E-state index in [4.69, 9.17) is 0 Å². The van der Waals surface area contributed by atoms with Crippen molar-refractivity contribution in [1.82, 2.24) is 5.43 Å². The zero-order chi connectivity index (χ0) is 16.1. The molecule has 2 aromatic rings. The van der Waals surface area contributed by atoms with E-state index in [9.17, 15) is 4.79 Å². The maximum atomic E-state index is 12.1. The van der Waals surface area contributed by atoms with Gasteiger partial charge in [0.2, 0.25) is 5.91 Å². The first-order valence-corrected chi connectivity index (χ1v) is 7.85. The van der Waals surface area contributed by atoms with Crippen LogP contribution in [0.1, 0.15) is 30.4 Å². The monoisotopic (exact) mass is 304 g/mol. The summed E-state index contributed by atoms with van der Waals surface area (Å²) in [6.07, 6.45) is 4.62. The minimum Gasteiger partial charge on any atom is -0.273 e. The van der Waals surface area contributed by atoms with Crippen molar-refractivity contribution < 1.29 is 4.79 Å². The van der Waals surface area contributed by atoms with E-state index in [0.717, 1.165) is 17.6 Å². The molecule has 1 amide bonds. The average Bonchev–Trinajstić information content (AvgIpc) is 3.37. The molecule has 23 heavy (non-hydrogen) atoms. The molecular weight excluding hydrogens is 284 g/mol. The van der Waals surface area contributed by atoms with Gasteiger partial charge in [-0.25, -0.2) is 5.43 Å². The zero-order valence-corrected chi connectivity index (χ0v) is 13.1. The zero-order valence-electron chi connectivity index (χ0n) is 13.1. The Balaban J connectivity index is 1.51. The van der Waals surface area contributed by atoms with Gasteiger partial charge in [0.05, 0.1) is 6.21 Å². The summed E-state index contributed by atoms with van der Waals surface area (Å²) in [5.41, 5.74) is 6.00. The van der Waals surface area contributed by atoms with Gasteiger partial charge in [-0.2, -0.15) is 5.10 Å². The van der Waals surface area contributed by atoms with Gasteiger partial charge in [0.15, 0.2) is 0 Å². The van der Waals surface area contributed by atoms with E-state index in [1.54, 1.807) is 6.21 Å². The van der Waals surface area contributed by atoms with Crippen LogP contribution in [0.3, 0.4) is 0 Å². The van der Waals surface area contributed by atoms with E-state index >= 15 is 0 Å². The second-order valence-corrected chi connectivity index (χ2v) is 5.89. The lowest BCUT2D eigenvalue weighted by atomic mass is 10.1. The van der Waals surface area contributed by atoms with Gasteiger partial charge in [0, 0.05) is 5.92 Å². The first-order valence-electron chi connectivity index (χ1n) is 7.85. The lowest BCUT2D eigenvalue weighted by Crippen LogP contribution is -2.20. The van der Waals surface area contributed by atoms with Crippen LogP contribution in [0.15, 0.2) is 71.3 Å². The average molecular weight is 304 g/mol. The van der Waals surface area contributed by atoms with E-state index in [-0.39, 0.29) is 11.8 Å². The third-order valence-corrected chi connectivity index (χ3v) is 3.99. The summed E-state index contributed by atoms with van der Waals surface area (Å²) in [6.45, 7) is 1.96. The molecule has 3 heteroatoms. The fraction of sp³-hybridized carbons (Fsp3) is 0.200. The van der Waals surface area contributed by atoms with Crippen LogP contribution in [0.4, 0.5) is 0 Å². The van der Waals surface area contributed by atoms with Crippen LogP contribution in [-0.4, -0.2) is 12.1 Å². The van der Waals surface area contributed by atoms with E-state index in [1.165, 1.54) is 5.56 Å². The van der Waals surface area contributed by atoms with Crippen LogP contribution in [0, 0.1) is 5.92 Å². The molecule has 0 saturated heterocycles. The topological polar surface area (TPSA) is 41.5 Å². The van der Waals surface area contributed by atoms with E-state index in [0.29, 0.717) is 5.92 Å². The summed E-state index contributed by atoms with van der Waals surface area (Å²) >= 11 is 0. The molecule has 3 nitrogen and oxygen atoms in total. The number of nitrogens with one attached hydrogen (secondary N) is 1. The molecule has 0 spiro atoms. The molecule has 2 aromatic carbocycles. The molecule has 0 aliphatic heterocycles. The highest BCUT2D eigenvalue weighted by Gasteiger charge is 2.43. The van der Waals surface area contributed by atoms with Crippen molar-refractivity contribution in [2.45, 2.75) is 19.3 Å². The quantitative estimate of drug-likeness (QED) is 0.658. The fourth-order valence-electron chi connectivity index (χ4n) is 2.68. The van der Waals surface area contributed by atoms with E-state index in [1.807, 2.05) is 61.5 Å². The Bertz CT molecular complexity index is 720. The SMILES string of the molecule is CC(/C=N/NC(=O)C1CC1c1ccccc1)=C\c1ccccc1. The van der Waals surface area contributed by atoms with Crippen molar-refractivity contribution in [3.05, 3.63) is 77.4 Å². The molecule has 0 radical (unpaired) electrons. The van der Waals surface area contributed by atoms with Crippen molar-refractivity contribution in [2.24, 2.45) is 11.0 Å². The van der Waals surface area contributed by atoms with Gasteiger partial charge in [-0.15, -0.1) is 0 Å². The number of allylic oxidation sites excluding steroid dienone is 1. The van der Waals surface area contributed by atoms with Crippen molar-refractivity contribution in [3.8, 4) is 0 Å². The van der Waals surface area contributed by atoms with Crippen LogP contribution in [0.5, 0.6) is 0 Å². The fourth-order valence-corrected chi connectivity index (χ4v) is 2.68. The number of carbonyl (C=O) groups is 1. The highest BCUT2D eigenvalue weighted by molar-refractivity contribution is 5.87. The largest absolute Gasteiger partial charge is 0.273 e. The Labute approximate surface area is 136 Å². The standard InChI is InChI=1S/C20H20N2O/c1-15(12-16-8-4-2-5-9-16)14-21-22-20(23)19-13-18(19)17-10-6-3-7-11-17/h2-12,14,18-19H,13H2,1H3,(H,22,23)/b15-12+,21-14+. The molecule has 1 N–H and O–H groups in total. The summed E-state index contributed by atoms with van der Waals surface area (Å²) in [6, 6.07) is 20.2. The predicted molar refractivity (Wildman–Crippen MR) is 94.0 cm³/mol. The van der Waals surface area contributed by atoms with Crippen molar-refractivity contribution >= 4 is 18.2 Å². The highest BCUT2D eigenvalue weighted by Crippen LogP contribution is 2.47. The first-order chi connectivity index (χ1) is 11.2. The normalized spacial score (nSPS) is 20.5. The molecular formula is C20H20N2O. The summed E-state index contributed by atoms with van der Waals surface area (Å²) in [7, 11) is 0. The van der Waals surface area contributed by atoms with Crippen LogP contribution >= 0.6 is 0 Å². The summed E-state index contributed by atoms with van der Waals surface area (Å²) in [5.74, 6) is 0.392. The predicted octanol–water partition coefficient (Wildman–Crippen LogP) is 4.00. The Morgan fingerprint density at radius 2 is 1.74 bits per heavy atom. The molecule has 1 saturated carbocycles. The lowest BCUT2D eigenvalue weighted by Gasteiger charge is -2.00. The van der Waals surface area contributed by atoms with E-state index < -0.39 is 0 Å². The summed E-state index contributed by atoms with van der Waals surface area (Å²) in [4.78, 5) is 12.1. The van der Waals surface area contributed by atoms with Gasteiger partial charge >= 0.3 is 0 Å². The van der Waals surface area contributed by atoms with Crippen molar-refractivity contribution in [3.63, 3.8) is 0 Å². The molecule has 2 unspecified atom stereocenters. The molecule has 1 fully saturated rings. The second-order valence-electron chi connectivity index (χ2n) is 5.89. The third-order valence-electron chi connectivity index (χ3n) is 3.99. The molecule has 1 aliphatic rings. The number of rotatable bonds is 5. The summed E-state index contributed by atoms with van der Waals surface area (Å²) < 4.78 is 0. The molecule has 0 heterocycles. The van der Waals surface area contributed by atoms with E-state index in [2.05, 4.69) is 22.7 Å². The third kappa shape index (κ3) is 4.16. The van der Waals surface area contributed by atoms with Crippen molar-refractivity contribution in [2.75, 3.05) is 0 Å². The van der Waals surface area contributed by atoms with Gasteiger partial charge in [-0.05, 0) is 36.0 Å². The molecule has 2 atom stereocenters. The maximum Gasteiger partial charge on any atom is 0.243 e. The number of nitrogens with zero attached hydrogens (tertiary/aromatic N) is 1. The molecule has 3 rings (SSSR count). The Hall–Kier alpha value is -2.68.